The number of nitro groups is 1. The Morgan fingerprint density at radius 3 is 2.62 bits per heavy atom. The molecule has 0 aliphatic carbocycles. The lowest BCUT2D eigenvalue weighted by Crippen LogP contribution is -1.89. The highest BCUT2D eigenvalue weighted by Gasteiger charge is 2.18. The van der Waals surface area contributed by atoms with Crippen molar-refractivity contribution in [3.63, 3.8) is 0 Å². The van der Waals surface area contributed by atoms with Crippen LogP contribution in [-0.4, -0.2) is 19.1 Å². The Bertz CT molecular complexity index is 545. The molecule has 84 valence electrons. The van der Waals surface area contributed by atoms with Crippen LogP contribution in [0.3, 0.4) is 0 Å². The van der Waals surface area contributed by atoms with Crippen molar-refractivity contribution in [1.29, 1.82) is 0 Å². The Morgan fingerprint density at radius 2 is 2.06 bits per heavy atom. The zero-order valence-corrected chi connectivity index (χ0v) is 8.72. The van der Waals surface area contributed by atoms with E-state index in [9.17, 15) is 10.1 Å². The molecular weight excluding hydrogens is 214 g/mol. The van der Waals surface area contributed by atoms with Crippen molar-refractivity contribution >= 4 is 16.9 Å². The van der Waals surface area contributed by atoms with E-state index in [1.807, 2.05) is 0 Å². The number of methoxy groups -OCH3 is 2. The average Bonchev–Trinajstić information content (AvgIpc) is 2.71. The minimum Gasteiger partial charge on any atom is -0.493 e. The van der Waals surface area contributed by atoms with Crippen molar-refractivity contribution < 1.29 is 18.8 Å². The van der Waals surface area contributed by atoms with E-state index in [0.29, 0.717) is 22.5 Å². The largest absolute Gasteiger partial charge is 0.493 e. The first kappa shape index (κ1) is 10.3. The monoisotopic (exact) mass is 223 g/mol. The van der Waals surface area contributed by atoms with Gasteiger partial charge >= 0.3 is 5.88 Å². The molecule has 0 aliphatic heterocycles. The third-order valence-corrected chi connectivity index (χ3v) is 2.21. The first-order valence-corrected chi connectivity index (χ1v) is 4.46. The molecule has 1 heterocycles. The molecule has 0 unspecified atom stereocenters. The second-order valence-corrected chi connectivity index (χ2v) is 3.05. The summed E-state index contributed by atoms with van der Waals surface area (Å²) in [5.74, 6) is 0.615. The van der Waals surface area contributed by atoms with Crippen LogP contribution in [0.25, 0.3) is 11.0 Å². The third kappa shape index (κ3) is 1.44. The van der Waals surface area contributed by atoms with Crippen LogP contribution in [0.15, 0.2) is 22.6 Å². The van der Waals surface area contributed by atoms with E-state index in [1.165, 1.54) is 20.3 Å². The van der Waals surface area contributed by atoms with E-state index in [2.05, 4.69) is 0 Å². The van der Waals surface area contributed by atoms with Crippen LogP contribution in [0.5, 0.6) is 11.5 Å². The normalized spacial score (nSPS) is 10.4. The minimum absolute atomic E-state index is 0.318. The predicted octanol–water partition coefficient (Wildman–Crippen LogP) is 2.36. The zero-order chi connectivity index (χ0) is 11.7. The van der Waals surface area contributed by atoms with E-state index in [1.54, 1.807) is 12.1 Å². The average molecular weight is 223 g/mol. The number of fused-ring (bicyclic) bond motifs is 1. The molecule has 0 fully saturated rings. The smallest absolute Gasteiger partial charge is 0.434 e. The molecule has 0 saturated carbocycles. The van der Waals surface area contributed by atoms with Gasteiger partial charge in [0, 0.05) is 0 Å². The van der Waals surface area contributed by atoms with Crippen LogP contribution in [-0.2, 0) is 0 Å². The topological polar surface area (TPSA) is 74.7 Å². The maximum Gasteiger partial charge on any atom is 0.434 e. The quantitative estimate of drug-likeness (QED) is 0.589. The molecule has 6 heteroatoms. The van der Waals surface area contributed by atoms with E-state index in [-0.39, 0.29) is 5.88 Å². The van der Waals surface area contributed by atoms with Gasteiger partial charge < -0.3 is 13.9 Å². The van der Waals surface area contributed by atoms with E-state index in [4.69, 9.17) is 13.9 Å². The summed E-state index contributed by atoms with van der Waals surface area (Å²) in [5, 5.41) is 11.1. The Hall–Kier alpha value is -2.24. The maximum absolute atomic E-state index is 10.6. The van der Waals surface area contributed by atoms with Crippen LogP contribution in [0, 0.1) is 10.1 Å². The van der Waals surface area contributed by atoms with Gasteiger partial charge in [0.05, 0.1) is 25.7 Å². The van der Waals surface area contributed by atoms with Crippen LogP contribution in [0.2, 0.25) is 0 Å². The first-order chi connectivity index (χ1) is 7.67. The third-order valence-electron chi connectivity index (χ3n) is 2.21. The van der Waals surface area contributed by atoms with Gasteiger partial charge in [0.2, 0.25) is 0 Å². The molecule has 6 nitrogen and oxygen atoms in total. The van der Waals surface area contributed by atoms with Crippen molar-refractivity contribution in [3.05, 3.63) is 28.3 Å². The van der Waals surface area contributed by atoms with Gasteiger partial charge in [-0.1, -0.05) is 0 Å². The fourth-order valence-corrected chi connectivity index (χ4v) is 1.51. The number of benzene rings is 1. The fraction of sp³-hybridized carbons (Fsp3) is 0.200. The lowest BCUT2D eigenvalue weighted by atomic mass is 10.2. The van der Waals surface area contributed by atoms with Gasteiger partial charge in [0.15, 0.2) is 11.5 Å². The summed E-state index contributed by atoms with van der Waals surface area (Å²) >= 11 is 0. The van der Waals surface area contributed by atoms with Gasteiger partial charge in [-0.05, 0) is 12.1 Å². The summed E-state index contributed by atoms with van der Waals surface area (Å²) in [6.45, 7) is 0. The molecule has 1 aromatic carbocycles. The van der Waals surface area contributed by atoms with Crippen LogP contribution < -0.4 is 9.47 Å². The van der Waals surface area contributed by atoms with E-state index in [0.717, 1.165) is 0 Å². The van der Waals surface area contributed by atoms with E-state index < -0.39 is 4.92 Å². The maximum atomic E-state index is 10.6. The molecule has 2 rings (SSSR count). The summed E-state index contributed by atoms with van der Waals surface area (Å²) in [6.07, 6.45) is 0. The highest BCUT2D eigenvalue weighted by molar-refractivity contribution is 5.88. The number of nitrogens with zero attached hydrogens (tertiary/aromatic N) is 1. The molecule has 0 radical (unpaired) electrons. The number of hydrogen-bond acceptors (Lipinski definition) is 5. The highest BCUT2D eigenvalue weighted by Crippen LogP contribution is 2.38. The van der Waals surface area contributed by atoms with Gasteiger partial charge in [-0.2, -0.15) is 0 Å². The van der Waals surface area contributed by atoms with Crippen molar-refractivity contribution in [3.8, 4) is 11.5 Å². The van der Waals surface area contributed by atoms with Gasteiger partial charge in [-0.25, -0.2) is 0 Å². The Balaban J connectivity index is 2.71. The van der Waals surface area contributed by atoms with Crippen LogP contribution in [0.4, 0.5) is 5.88 Å². The second kappa shape index (κ2) is 3.73. The summed E-state index contributed by atoms with van der Waals surface area (Å²) < 4.78 is 15.2. The molecule has 0 saturated heterocycles. The van der Waals surface area contributed by atoms with Gasteiger partial charge in [0.25, 0.3) is 0 Å². The van der Waals surface area contributed by atoms with Crippen LogP contribution in [0.1, 0.15) is 0 Å². The SMILES string of the molecule is COc1ccc2oc([N+](=O)[O-])cc2c1OC. The summed E-state index contributed by atoms with van der Waals surface area (Å²) in [4.78, 5) is 9.97. The number of hydrogen-bond donors (Lipinski definition) is 0. The highest BCUT2D eigenvalue weighted by atomic mass is 16.6. The van der Waals surface area contributed by atoms with Crippen LogP contribution >= 0.6 is 0 Å². The summed E-state index contributed by atoms with van der Waals surface area (Å²) in [5.41, 5.74) is 0.393. The summed E-state index contributed by atoms with van der Waals surface area (Å²) in [6, 6.07) is 4.55. The van der Waals surface area contributed by atoms with Gasteiger partial charge in [-0.3, -0.25) is 10.1 Å². The predicted molar refractivity (Wildman–Crippen MR) is 56.0 cm³/mol. The molecule has 0 spiro atoms. The first-order valence-electron chi connectivity index (χ1n) is 4.46. The molecule has 0 bridgehead atoms. The number of ether oxygens (including phenoxy) is 2. The lowest BCUT2D eigenvalue weighted by Gasteiger charge is -2.06. The molecule has 2 aromatic rings. The van der Waals surface area contributed by atoms with Gasteiger partial charge in [0.1, 0.15) is 10.5 Å². The van der Waals surface area contributed by atoms with Crippen molar-refractivity contribution in [2.75, 3.05) is 14.2 Å². The number of rotatable bonds is 3. The van der Waals surface area contributed by atoms with Crippen molar-refractivity contribution in [1.82, 2.24) is 0 Å². The Labute approximate surface area is 90.5 Å². The number of furan rings is 1. The Kier molecular flexibility index (Phi) is 2.40. The fourth-order valence-electron chi connectivity index (χ4n) is 1.51. The van der Waals surface area contributed by atoms with Gasteiger partial charge in [-0.15, -0.1) is 0 Å². The molecule has 16 heavy (non-hydrogen) atoms. The van der Waals surface area contributed by atoms with Crippen molar-refractivity contribution in [2.24, 2.45) is 0 Å². The Morgan fingerprint density at radius 1 is 1.31 bits per heavy atom. The summed E-state index contributed by atoms with van der Waals surface area (Å²) in [7, 11) is 2.97. The molecule has 0 N–H and O–H groups in total. The molecular formula is C10H9NO5. The van der Waals surface area contributed by atoms with Crippen molar-refractivity contribution in [2.45, 2.75) is 0 Å². The molecule has 1 aromatic heterocycles. The lowest BCUT2D eigenvalue weighted by molar-refractivity contribution is -0.401. The molecule has 0 aliphatic rings. The minimum atomic E-state index is -0.591. The molecule has 0 amide bonds. The second-order valence-electron chi connectivity index (χ2n) is 3.05. The standard InChI is InChI=1S/C10H9NO5/c1-14-8-4-3-7-6(10(8)15-2)5-9(16-7)11(12)13/h3-5H,1-2H3. The van der Waals surface area contributed by atoms with E-state index >= 15 is 0 Å². The zero-order valence-electron chi connectivity index (χ0n) is 8.72. The molecule has 0 atom stereocenters.